The zero-order chi connectivity index (χ0) is 13.9. The van der Waals surface area contributed by atoms with Gasteiger partial charge >= 0.3 is 12.3 Å². The van der Waals surface area contributed by atoms with Gasteiger partial charge in [-0.15, -0.1) is 0 Å². The average molecular weight is 257 g/mol. The molecular weight excluding hydrogens is 239 g/mol. The van der Waals surface area contributed by atoms with Gasteiger partial charge in [0.25, 0.3) is 0 Å². The van der Waals surface area contributed by atoms with Gasteiger partial charge in [-0.3, -0.25) is 0 Å². The molecule has 0 saturated carbocycles. The van der Waals surface area contributed by atoms with Crippen LogP contribution in [-0.4, -0.2) is 35.1 Å². The van der Waals surface area contributed by atoms with E-state index in [9.17, 15) is 18.0 Å². The molecule has 17 heavy (non-hydrogen) atoms. The molecule has 2 N–H and O–H groups in total. The second-order valence-corrected chi connectivity index (χ2v) is 5.14. The van der Waals surface area contributed by atoms with Crippen LogP contribution in [0.4, 0.5) is 18.0 Å². The fourth-order valence-electron chi connectivity index (χ4n) is 1.13. The molecule has 0 aromatic heterocycles. The van der Waals surface area contributed by atoms with Crippen molar-refractivity contribution in [3.63, 3.8) is 0 Å². The summed E-state index contributed by atoms with van der Waals surface area (Å²) in [7, 11) is 0. The predicted octanol–water partition coefficient (Wildman–Crippen LogP) is 2.21. The Bertz CT molecular complexity index is 273. The fourth-order valence-corrected chi connectivity index (χ4v) is 1.13. The molecule has 0 rings (SSSR count). The third-order valence-corrected chi connectivity index (χ3v) is 1.74. The number of carbonyl (C=O) groups is 1. The maximum absolute atomic E-state index is 12.2. The number of alkyl carbamates (subject to hydrolysis) is 1. The molecule has 4 nitrogen and oxygen atoms in total. The third kappa shape index (κ3) is 7.84. The van der Waals surface area contributed by atoms with Crippen LogP contribution in [0.15, 0.2) is 0 Å². The van der Waals surface area contributed by atoms with Gasteiger partial charge in [-0.1, -0.05) is 0 Å². The molecule has 0 spiro atoms. The molecule has 102 valence electrons. The number of halogens is 3. The van der Waals surface area contributed by atoms with Crippen LogP contribution in [0.2, 0.25) is 0 Å². The van der Waals surface area contributed by atoms with Gasteiger partial charge in [0.15, 0.2) is 0 Å². The van der Waals surface area contributed by atoms with Crippen molar-refractivity contribution in [2.75, 3.05) is 6.61 Å². The minimum absolute atomic E-state index is 0.807. The van der Waals surface area contributed by atoms with E-state index in [4.69, 9.17) is 9.84 Å². The largest absolute Gasteiger partial charge is 0.444 e. The number of rotatable bonds is 3. The molecule has 7 heteroatoms. The van der Waals surface area contributed by atoms with Crippen LogP contribution in [0.25, 0.3) is 0 Å². The summed E-state index contributed by atoms with van der Waals surface area (Å²) in [5, 5.41) is 11.0. The summed E-state index contributed by atoms with van der Waals surface area (Å²) in [6, 6.07) is 0. The Labute approximate surface area is 98.1 Å². The number of alkyl halides is 3. The van der Waals surface area contributed by atoms with Crippen molar-refractivity contribution >= 4 is 6.09 Å². The summed E-state index contributed by atoms with van der Waals surface area (Å²) in [5.41, 5.74) is -2.58. The number of hydrogen-bond acceptors (Lipinski definition) is 3. The van der Waals surface area contributed by atoms with Crippen LogP contribution in [0, 0.1) is 0 Å². The number of aliphatic hydroxyl groups excluding tert-OH is 1. The Morgan fingerprint density at radius 1 is 1.24 bits per heavy atom. The number of carbonyl (C=O) groups excluding carboxylic acids is 1. The summed E-state index contributed by atoms with van der Waals surface area (Å²) < 4.78 is 41.5. The van der Waals surface area contributed by atoms with Crippen molar-refractivity contribution in [1.82, 2.24) is 5.32 Å². The monoisotopic (exact) mass is 257 g/mol. The van der Waals surface area contributed by atoms with Gasteiger partial charge in [0.1, 0.15) is 5.60 Å². The quantitative estimate of drug-likeness (QED) is 0.815. The van der Waals surface area contributed by atoms with E-state index in [0.717, 1.165) is 6.92 Å². The van der Waals surface area contributed by atoms with E-state index in [0.29, 0.717) is 0 Å². The summed E-state index contributed by atoms with van der Waals surface area (Å²) in [4.78, 5) is 11.3. The van der Waals surface area contributed by atoms with Crippen LogP contribution in [-0.2, 0) is 4.74 Å². The van der Waals surface area contributed by atoms with Crippen molar-refractivity contribution in [3.8, 4) is 0 Å². The van der Waals surface area contributed by atoms with Crippen LogP contribution < -0.4 is 5.32 Å². The maximum Gasteiger partial charge on any atom is 0.408 e. The van der Waals surface area contributed by atoms with Crippen LogP contribution in [0.5, 0.6) is 0 Å². The number of ether oxygens (including phenoxy) is 1. The topological polar surface area (TPSA) is 58.6 Å². The van der Waals surface area contributed by atoms with Crippen LogP contribution in [0.1, 0.15) is 34.1 Å². The first kappa shape index (κ1) is 16.0. The number of nitrogens with one attached hydrogen (secondary N) is 1. The van der Waals surface area contributed by atoms with Crippen molar-refractivity contribution < 1.29 is 27.8 Å². The van der Waals surface area contributed by atoms with E-state index in [1.165, 1.54) is 0 Å². The minimum atomic E-state index is -4.48. The van der Waals surface area contributed by atoms with E-state index in [1.54, 1.807) is 20.8 Å². The molecule has 0 aliphatic rings. The Balaban J connectivity index is 4.54. The summed E-state index contributed by atoms with van der Waals surface area (Å²) in [6.45, 7) is 5.04. The zero-order valence-electron chi connectivity index (χ0n) is 10.3. The maximum atomic E-state index is 12.2. The number of amides is 1. The zero-order valence-corrected chi connectivity index (χ0v) is 10.3. The normalized spacial score (nSPS) is 16.2. The van der Waals surface area contributed by atoms with Gasteiger partial charge in [-0.2, -0.15) is 13.2 Å². The van der Waals surface area contributed by atoms with E-state index >= 15 is 0 Å². The lowest BCUT2D eigenvalue weighted by Gasteiger charge is -2.31. The Morgan fingerprint density at radius 2 is 1.71 bits per heavy atom. The second-order valence-electron chi connectivity index (χ2n) is 5.14. The number of hydrogen-bond donors (Lipinski definition) is 2. The molecule has 0 aromatic rings. The fraction of sp³-hybridized carbons (Fsp3) is 0.900. The Morgan fingerprint density at radius 3 is 2.00 bits per heavy atom. The molecule has 0 saturated heterocycles. The lowest BCUT2D eigenvalue weighted by Crippen LogP contribution is -2.52. The van der Waals surface area contributed by atoms with Crippen molar-refractivity contribution in [2.45, 2.75) is 51.4 Å². The van der Waals surface area contributed by atoms with Crippen LogP contribution >= 0.6 is 0 Å². The van der Waals surface area contributed by atoms with E-state index in [2.05, 4.69) is 0 Å². The molecule has 1 unspecified atom stereocenters. The highest BCUT2D eigenvalue weighted by Gasteiger charge is 2.40. The molecule has 0 radical (unpaired) electrons. The highest BCUT2D eigenvalue weighted by Crippen LogP contribution is 2.27. The predicted molar refractivity (Wildman–Crippen MR) is 55.5 cm³/mol. The summed E-state index contributed by atoms with van der Waals surface area (Å²) >= 11 is 0. The molecule has 1 atom stereocenters. The lowest BCUT2D eigenvalue weighted by atomic mass is 9.99. The molecule has 0 aromatic carbocycles. The van der Waals surface area contributed by atoms with Gasteiger partial charge in [0.05, 0.1) is 18.6 Å². The molecule has 1 amide bonds. The van der Waals surface area contributed by atoms with Crippen LogP contribution in [0.3, 0.4) is 0 Å². The van der Waals surface area contributed by atoms with Gasteiger partial charge < -0.3 is 15.2 Å². The first-order valence-corrected chi connectivity index (χ1v) is 5.06. The van der Waals surface area contributed by atoms with Gasteiger partial charge in [0, 0.05) is 0 Å². The second kappa shape index (κ2) is 5.12. The molecule has 0 aliphatic heterocycles. The Kier molecular flexibility index (Phi) is 4.82. The SMILES string of the molecule is CC(CO)(CC(F)(F)F)NC(=O)OC(C)(C)C. The molecular formula is C10H18F3NO3. The lowest BCUT2D eigenvalue weighted by molar-refractivity contribution is -0.151. The molecule has 0 bridgehead atoms. The molecule has 0 aliphatic carbocycles. The van der Waals surface area contributed by atoms with Gasteiger partial charge in [0.2, 0.25) is 0 Å². The van der Waals surface area contributed by atoms with Crippen molar-refractivity contribution in [2.24, 2.45) is 0 Å². The van der Waals surface area contributed by atoms with E-state index in [1.807, 2.05) is 5.32 Å². The Hall–Kier alpha value is -0.980. The van der Waals surface area contributed by atoms with Gasteiger partial charge in [-0.05, 0) is 27.7 Å². The van der Waals surface area contributed by atoms with Crippen molar-refractivity contribution in [1.29, 1.82) is 0 Å². The molecule has 0 heterocycles. The standard InChI is InChI=1S/C10H18F3NO3/c1-8(2,3)17-7(16)14-9(4,6-15)5-10(11,12)13/h15H,5-6H2,1-4H3,(H,14,16). The highest BCUT2D eigenvalue weighted by atomic mass is 19.4. The van der Waals surface area contributed by atoms with E-state index in [-0.39, 0.29) is 0 Å². The van der Waals surface area contributed by atoms with E-state index < -0.39 is 36.4 Å². The first-order chi connectivity index (χ1) is 7.37. The highest BCUT2D eigenvalue weighted by molar-refractivity contribution is 5.68. The first-order valence-electron chi connectivity index (χ1n) is 5.06. The smallest absolute Gasteiger partial charge is 0.408 e. The average Bonchev–Trinajstić information content (AvgIpc) is 1.95. The minimum Gasteiger partial charge on any atom is -0.444 e. The number of aliphatic hydroxyl groups is 1. The van der Waals surface area contributed by atoms with Crippen molar-refractivity contribution in [3.05, 3.63) is 0 Å². The summed E-state index contributed by atoms with van der Waals surface area (Å²) in [5.74, 6) is 0. The van der Waals surface area contributed by atoms with Gasteiger partial charge in [-0.25, -0.2) is 4.79 Å². The molecule has 0 fully saturated rings. The summed E-state index contributed by atoms with van der Waals surface area (Å²) in [6.07, 6.45) is -6.79. The third-order valence-electron chi connectivity index (χ3n) is 1.74.